The zero-order valence-electron chi connectivity index (χ0n) is 10.9. The summed E-state index contributed by atoms with van der Waals surface area (Å²) in [6, 6.07) is 4.57. The molecule has 0 aliphatic carbocycles. The lowest BCUT2D eigenvalue weighted by atomic mass is 10.1. The van der Waals surface area contributed by atoms with Crippen LogP contribution in [0.1, 0.15) is 36.0 Å². The summed E-state index contributed by atoms with van der Waals surface area (Å²) < 4.78 is 3.26. The van der Waals surface area contributed by atoms with Crippen LogP contribution in [0.15, 0.2) is 22.1 Å². The fourth-order valence-electron chi connectivity index (χ4n) is 2.03. The number of aryl methyl sites for hydroxylation is 2. The monoisotopic (exact) mass is 327 g/mol. The Morgan fingerprint density at radius 1 is 1.50 bits per heavy atom. The van der Waals surface area contributed by atoms with E-state index >= 15 is 0 Å². The van der Waals surface area contributed by atoms with Gasteiger partial charge in [-0.15, -0.1) is 11.3 Å². The van der Waals surface area contributed by atoms with Crippen molar-refractivity contribution in [2.45, 2.75) is 33.4 Å². The first-order valence-electron chi connectivity index (χ1n) is 6.18. The van der Waals surface area contributed by atoms with E-state index in [1.165, 1.54) is 19.9 Å². The largest absolute Gasteiger partial charge is 0.305 e. The molecular formula is C13H18BrN3S. The van der Waals surface area contributed by atoms with Gasteiger partial charge in [-0.2, -0.15) is 5.10 Å². The van der Waals surface area contributed by atoms with Crippen LogP contribution in [0.25, 0.3) is 0 Å². The molecule has 5 heteroatoms. The number of thiophene rings is 1. The minimum atomic E-state index is 0.229. The minimum Gasteiger partial charge on any atom is -0.305 e. The molecule has 98 valence electrons. The number of halogens is 1. The van der Waals surface area contributed by atoms with Crippen LogP contribution in [0.4, 0.5) is 0 Å². The summed E-state index contributed by atoms with van der Waals surface area (Å²) in [6.45, 7) is 8.22. The number of hydrogen-bond donors (Lipinski definition) is 1. The molecule has 2 rings (SSSR count). The van der Waals surface area contributed by atoms with Crippen molar-refractivity contribution >= 4 is 27.3 Å². The first-order chi connectivity index (χ1) is 8.67. The predicted octanol–water partition coefficient (Wildman–Crippen LogP) is 3.73. The van der Waals surface area contributed by atoms with Gasteiger partial charge in [0, 0.05) is 17.6 Å². The average molecular weight is 328 g/mol. The normalized spacial score (nSPS) is 12.9. The third kappa shape index (κ3) is 2.68. The molecule has 0 amide bonds. The van der Waals surface area contributed by atoms with E-state index in [-0.39, 0.29) is 6.04 Å². The van der Waals surface area contributed by atoms with Crippen molar-refractivity contribution in [2.24, 2.45) is 0 Å². The Labute approximate surface area is 120 Å². The van der Waals surface area contributed by atoms with E-state index in [9.17, 15) is 0 Å². The maximum absolute atomic E-state index is 4.36. The van der Waals surface area contributed by atoms with Gasteiger partial charge in [0.2, 0.25) is 0 Å². The Balaban J connectivity index is 2.39. The molecule has 0 bridgehead atoms. The predicted molar refractivity (Wildman–Crippen MR) is 80.2 cm³/mol. The van der Waals surface area contributed by atoms with Gasteiger partial charge in [0.05, 0.1) is 15.5 Å². The lowest BCUT2D eigenvalue weighted by Crippen LogP contribution is -2.24. The van der Waals surface area contributed by atoms with Gasteiger partial charge in [0.15, 0.2) is 0 Å². The smallest absolute Gasteiger partial charge is 0.0842 e. The van der Waals surface area contributed by atoms with Crippen LogP contribution in [-0.2, 0) is 6.54 Å². The van der Waals surface area contributed by atoms with E-state index in [4.69, 9.17) is 0 Å². The molecule has 0 radical (unpaired) electrons. The zero-order chi connectivity index (χ0) is 13.1. The van der Waals surface area contributed by atoms with E-state index in [0.29, 0.717) is 0 Å². The van der Waals surface area contributed by atoms with Crippen LogP contribution in [-0.4, -0.2) is 16.3 Å². The quantitative estimate of drug-likeness (QED) is 0.906. The highest BCUT2D eigenvalue weighted by Crippen LogP contribution is 2.34. The molecule has 2 heterocycles. The lowest BCUT2D eigenvalue weighted by Gasteiger charge is -2.17. The molecule has 0 saturated heterocycles. The zero-order valence-corrected chi connectivity index (χ0v) is 13.3. The number of nitrogens with zero attached hydrogens (tertiary/aromatic N) is 2. The van der Waals surface area contributed by atoms with Gasteiger partial charge < -0.3 is 5.32 Å². The van der Waals surface area contributed by atoms with Gasteiger partial charge >= 0.3 is 0 Å². The first kappa shape index (κ1) is 13.8. The number of hydrogen-bond acceptors (Lipinski definition) is 3. The number of aromatic nitrogens is 2. The Morgan fingerprint density at radius 2 is 2.28 bits per heavy atom. The van der Waals surface area contributed by atoms with Gasteiger partial charge in [-0.05, 0) is 54.0 Å². The fourth-order valence-corrected chi connectivity index (χ4v) is 3.69. The minimum absolute atomic E-state index is 0.229. The summed E-state index contributed by atoms with van der Waals surface area (Å²) in [5.41, 5.74) is 2.52. The van der Waals surface area contributed by atoms with Crippen molar-refractivity contribution in [3.8, 4) is 0 Å². The molecule has 0 aliphatic heterocycles. The van der Waals surface area contributed by atoms with E-state index in [0.717, 1.165) is 13.1 Å². The Bertz CT molecular complexity index is 499. The molecule has 0 fully saturated rings. The third-order valence-corrected chi connectivity index (χ3v) is 5.12. The summed E-state index contributed by atoms with van der Waals surface area (Å²) in [4.78, 5) is 1.33. The summed E-state index contributed by atoms with van der Waals surface area (Å²) in [5.74, 6) is 0. The lowest BCUT2D eigenvalue weighted by molar-refractivity contribution is 0.547. The molecule has 0 aliphatic rings. The van der Waals surface area contributed by atoms with Crippen molar-refractivity contribution in [2.75, 3.05) is 6.54 Å². The van der Waals surface area contributed by atoms with E-state index < -0.39 is 0 Å². The second-order valence-corrected chi connectivity index (χ2v) is 6.57. The van der Waals surface area contributed by atoms with Gasteiger partial charge in [0.1, 0.15) is 0 Å². The van der Waals surface area contributed by atoms with Crippen LogP contribution in [0, 0.1) is 6.92 Å². The molecule has 0 aromatic carbocycles. The molecule has 1 N–H and O–H groups in total. The number of rotatable bonds is 5. The highest BCUT2D eigenvalue weighted by Gasteiger charge is 2.19. The molecule has 18 heavy (non-hydrogen) atoms. The maximum atomic E-state index is 4.36. The molecular weight excluding hydrogens is 310 g/mol. The third-order valence-electron chi connectivity index (χ3n) is 2.91. The van der Waals surface area contributed by atoms with Crippen LogP contribution >= 0.6 is 27.3 Å². The molecule has 0 spiro atoms. The van der Waals surface area contributed by atoms with E-state index in [1.807, 2.05) is 6.20 Å². The van der Waals surface area contributed by atoms with Gasteiger partial charge in [-0.25, -0.2) is 0 Å². The average Bonchev–Trinajstić information content (AvgIpc) is 2.94. The fraction of sp³-hybridized carbons (Fsp3) is 0.462. The maximum Gasteiger partial charge on any atom is 0.0842 e. The summed E-state index contributed by atoms with van der Waals surface area (Å²) >= 11 is 5.40. The van der Waals surface area contributed by atoms with Gasteiger partial charge in [-0.3, -0.25) is 4.68 Å². The highest BCUT2D eigenvalue weighted by molar-refractivity contribution is 9.11. The molecule has 0 saturated carbocycles. The van der Waals surface area contributed by atoms with Gasteiger partial charge in [0.25, 0.3) is 0 Å². The molecule has 2 aromatic rings. The SMILES string of the molecule is CCNC(c1cc(C)c(Br)s1)c1ccnn1CC. The molecule has 1 atom stereocenters. The van der Waals surface area contributed by atoms with Crippen LogP contribution in [0.3, 0.4) is 0 Å². The van der Waals surface area contributed by atoms with Crippen molar-refractivity contribution < 1.29 is 0 Å². The first-order valence-corrected chi connectivity index (χ1v) is 7.79. The summed E-state index contributed by atoms with van der Waals surface area (Å²) in [6.07, 6.45) is 1.87. The van der Waals surface area contributed by atoms with Crippen LogP contribution < -0.4 is 5.32 Å². The van der Waals surface area contributed by atoms with Crippen molar-refractivity contribution in [1.29, 1.82) is 0 Å². The second kappa shape index (κ2) is 5.99. The van der Waals surface area contributed by atoms with Crippen molar-refractivity contribution in [3.05, 3.63) is 38.3 Å². The summed E-state index contributed by atoms with van der Waals surface area (Å²) in [5, 5.41) is 7.91. The molecule has 2 aromatic heterocycles. The van der Waals surface area contributed by atoms with Crippen LogP contribution in [0.5, 0.6) is 0 Å². The summed E-state index contributed by atoms with van der Waals surface area (Å²) in [7, 11) is 0. The Hall–Kier alpha value is -0.650. The van der Waals surface area contributed by atoms with Crippen molar-refractivity contribution in [3.63, 3.8) is 0 Å². The number of nitrogens with one attached hydrogen (secondary N) is 1. The standard InChI is InChI=1S/C13H18BrN3S/c1-4-15-12(10-6-7-16-17(10)5-2)11-8-9(3)13(14)18-11/h6-8,12,15H,4-5H2,1-3H3. The van der Waals surface area contributed by atoms with E-state index in [1.54, 1.807) is 11.3 Å². The molecule has 1 unspecified atom stereocenters. The van der Waals surface area contributed by atoms with Gasteiger partial charge in [-0.1, -0.05) is 6.92 Å². The highest BCUT2D eigenvalue weighted by atomic mass is 79.9. The Morgan fingerprint density at radius 3 is 2.83 bits per heavy atom. The van der Waals surface area contributed by atoms with Crippen LogP contribution in [0.2, 0.25) is 0 Å². The van der Waals surface area contributed by atoms with E-state index in [2.05, 4.69) is 63.9 Å². The Kier molecular flexibility index (Phi) is 4.59. The topological polar surface area (TPSA) is 29.9 Å². The second-order valence-electron chi connectivity index (χ2n) is 4.17. The van der Waals surface area contributed by atoms with Crippen molar-refractivity contribution in [1.82, 2.24) is 15.1 Å². The molecule has 3 nitrogen and oxygen atoms in total.